The van der Waals surface area contributed by atoms with Gasteiger partial charge in [0.15, 0.2) is 5.78 Å². The first-order chi connectivity index (χ1) is 8.56. The number of carbonyl (C=O) groups excluding carboxylic acids is 1. The highest BCUT2D eigenvalue weighted by Gasteiger charge is 2.07. The second kappa shape index (κ2) is 5.23. The van der Waals surface area contributed by atoms with Crippen molar-refractivity contribution in [3.05, 3.63) is 58.6 Å². The summed E-state index contributed by atoms with van der Waals surface area (Å²) in [5.41, 5.74) is 1.63. The van der Waals surface area contributed by atoms with Crippen LogP contribution in [-0.4, -0.2) is 5.78 Å². The first-order valence-electron chi connectivity index (χ1n) is 5.61. The summed E-state index contributed by atoms with van der Waals surface area (Å²) in [6.45, 7) is 3.49. The quantitative estimate of drug-likeness (QED) is 0.752. The topological polar surface area (TPSA) is 26.3 Å². The Morgan fingerprint density at radius 1 is 1.11 bits per heavy atom. The van der Waals surface area contributed by atoms with E-state index in [0.717, 1.165) is 11.3 Å². The molecule has 0 fully saturated rings. The minimum Gasteiger partial charge on any atom is -0.457 e. The Balaban J connectivity index is 2.25. The van der Waals surface area contributed by atoms with Gasteiger partial charge in [0.1, 0.15) is 11.5 Å². The van der Waals surface area contributed by atoms with Gasteiger partial charge in [-0.2, -0.15) is 0 Å². The molecular formula is C15H13ClO2. The van der Waals surface area contributed by atoms with Crippen molar-refractivity contribution in [3.8, 4) is 11.5 Å². The molecule has 0 amide bonds. The normalized spacial score (nSPS) is 10.2. The Kier molecular flexibility index (Phi) is 3.68. The van der Waals surface area contributed by atoms with Crippen LogP contribution in [0.5, 0.6) is 11.5 Å². The van der Waals surface area contributed by atoms with Crippen LogP contribution in [0, 0.1) is 6.92 Å². The lowest BCUT2D eigenvalue weighted by atomic mass is 10.1. The fraction of sp³-hybridized carbons (Fsp3) is 0.133. The first-order valence-corrected chi connectivity index (χ1v) is 5.99. The molecule has 3 heteroatoms. The van der Waals surface area contributed by atoms with Gasteiger partial charge in [0.2, 0.25) is 0 Å². The predicted octanol–water partition coefficient (Wildman–Crippen LogP) is 4.64. The number of rotatable bonds is 3. The molecular weight excluding hydrogens is 248 g/mol. The van der Waals surface area contributed by atoms with Crippen molar-refractivity contribution in [3.63, 3.8) is 0 Å². The lowest BCUT2D eigenvalue weighted by Gasteiger charge is -2.08. The van der Waals surface area contributed by atoms with Crippen LogP contribution in [0.4, 0.5) is 0 Å². The monoisotopic (exact) mass is 260 g/mol. The minimum atomic E-state index is -0.0536. The third kappa shape index (κ3) is 2.90. The molecule has 92 valence electrons. The summed E-state index contributed by atoms with van der Waals surface area (Å²) in [5, 5.41) is 0.410. The summed E-state index contributed by atoms with van der Waals surface area (Å²) < 4.78 is 5.68. The molecule has 2 aromatic carbocycles. The van der Waals surface area contributed by atoms with E-state index < -0.39 is 0 Å². The first kappa shape index (κ1) is 12.7. The zero-order chi connectivity index (χ0) is 13.1. The number of ketones is 1. The largest absolute Gasteiger partial charge is 0.457 e. The summed E-state index contributed by atoms with van der Waals surface area (Å²) in [7, 11) is 0. The summed E-state index contributed by atoms with van der Waals surface area (Å²) in [6, 6.07) is 12.8. The van der Waals surface area contributed by atoms with E-state index in [-0.39, 0.29) is 5.78 Å². The number of carbonyl (C=O) groups is 1. The number of hydrogen-bond acceptors (Lipinski definition) is 2. The average molecular weight is 261 g/mol. The van der Waals surface area contributed by atoms with E-state index >= 15 is 0 Å². The van der Waals surface area contributed by atoms with Gasteiger partial charge in [0, 0.05) is 11.6 Å². The zero-order valence-corrected chi connectivity index (χ0v) is 11.0. The molecule has 0 radical (unpaired) electrons. The van der Waals surface area contributed by atoms with Crippen LogP contribution >= 0.6 is 11.6 Å². The molecule has 0 saturated carbocycles. The molecule has 0 aliphatic rings. The van der Waals surface area contributed by atoms with E-state index in [2.05, 4.69) is 0 Å². The van der Waals surface area contributed by atoms with Crippen LogP contribution in [0.1, 0.15) is 22.8 Å². The Labute approximate surface area is 111 Å². The van der Waals surface area contributed by atoms with Crippen molar-refractivity contribution >= 4 is 17.4 Å². The maximum atomic E-state index is 11.3. The lowest BCUT2D eigenvalue weighted by Crippen LogP contribution is -1.93. The predicted molar refractivity (Wildman–Crippen MR) is 72.7 cm³/mol. The Morgan fingerprint density at radius 2 is 1.83 bits per heavy atom. The molecule has 0 bridgehead atoms. The maximum Gasteiger partial charge on any atom is 0.161 e. The molecule has 0 unspecified atom stereocenters. The fourth-order valence-corrected chi connectivity index (χ4v) is 1.96. The third-order valence-corrected chi connectivity index (χ3v) is 2.86. The molecule has 0 N–H and O–H groups in total. The van der Waals surface area contributed by atoms with Crippen LogP contribution in [0.2, 0.25) is 5.02 Å². The Hall–Kier alpha value is -1.80. The summed E-state index contributed by atoms with van der Waals surface area (Å²) in [4.78, 5) is 11.3. The zero-order valence-electron chi connectivity index (χ0n) is 10.2. The van der Waals surface area contributed by atoms with E-state index in [1.54, 1.807) is 18.2 Å². The third-order valence-electron chi connectivity index (χ3n) is 2.55. The van der Waals surface area contributed by atoms with Gasteiger partial charge >= 0.3 is 0 Å². The molecule has 0 aromatic heterocycles. The molecule has 0 aliphatic carbocycles. The van der Waals surface area contributed by atoms with Crippen molar-refractivity contribution < 1.29 is 9.53 Å². The van der Waals surface area contributed by atoms with Gasteiger partial charge in [0.25, 0.3) is 0 Å². The molecule has 2 nitrogen and oxygen atoms in total. The second-order valence-corrected chi connectivity index (χ2v) is 4.52. The van der Waals surface area contributed by atoms with Crippen molar-refractivity contribution in [1.29, 1.82) is 0 Å². The number of halogens is 1. The van der Waals surface area contributed by atoms with E-state index in [4.69, 9.17) is 16.3 Å². The van der Waals surface area contributed by atoms with Gasteiger partial charge in [-0.15, -0.1) is 0 Å². The van der Waals surface area contributed by atoms with Gasteiger partial charge < -0.3 is 4.74 Å². The Bertz CT molecular complexity index is 591. The maximum absolute atomic E-state index is 11.3. The number of aryl methyl sites for hydroxylation is 1. The van der Waals surface area contributed by atoms with Crippen molar-refractivity contribution in [2.75, 3.05) is 0 Å². The SMILES string of the molecule is CC(=O)c1ccc(Oc2cccc(C)c2)cc1Cl. The molecule has 0 saturated heterocycles. The number of ether oxygens (including phenoxy) is 1. The molecule has 0 heterocycles. The van der Waals surface area contributed by atoms with E-state index in [0.29, 0.717) is 16.3 Å². The van der Waals surface area contributed by atoms with E-state index in [9.17, 15) is 4.79 Å². The molecule has 18 heavy (non-hydrogen) atoms. The van der Waals surface area contributed by atoms with E-state index in [1.165, 1.54) is 6.92 Å². The highest BCUT2D eigenvalue weighted by atomic mass is 35.5. The molecule has 0 spiro atoms. The van der Waals surface area contributed by atoms with E-state index in [1.807, 2.05) is 31.2 Å². The highest BCUT2D eigenvalue weighted by Crippen LogP contribution is 2.27. The van der Waals surface area contributed by atoms with Crippen molar-refractivity contribution in [1.82, 2.24) is 0 Å². The van der Waals surface area contributed by atoms with Crippen molar-refractivity contribution in [2.45, 2.75) is 13.8 Å². The van der Waals surface area contributed by atoms with Gasteiger partial charge in [-0.05, 0) is 43.7 Å². The molecule has 2 rings (SSSR count). The van der Waals surface area contributed by atoms with Crippen LogP contribution in [0.25, 0.3) is 0 Å². The second-order valence-electron chi connectivity index (χ2n) is 4.12. The number of hydrogen-bond donors (Lipinski definition) is 0. The molecule has 0 aliphatic heterocycles. The number of Topliss-reactive ketones (excluding diaryl/α,β-unsaturated/α-hetero) is 1. The van der Waals surface area contributed by atoms with Crippen LogP contribution in [-0.2, 0) is 0 Å². The highest BCUT2D eigenvalue weighted by molar-refractivity contribution is 6.34. The number of benzene rings is 2. The Morgan fingerprint density at radius 3 is 2.44 bits per heavy atom. The lowest BCUT2D eigenvalue weighted by molar-refractivity contribution is 0.101. The van der Waals surface area contributed by atoms with Gasteiger partial charge in [-0.3, -0.25) is 4.79 Å². The van der Waals surface area contributed by atoms with Gasteiger partial charge in [-0.1, -0.05) is 23.7 Å². The molecule has 0 atom stereocenters. The van der Waals surface area contributed by atoms with Crippen molar-refractivity contribution in [2.24, 2.45) is 0 Å². The minimum absolute atomic E-state index is 0.0536. The average Bonchev–Trinajstić information content (AvgIpc) is 2.28. The summed E-state index contributed by atoms with van der Waals surface area (Å²) >= 11 is 6.02. The summed E-state index contributed by atoms with van der Waals surface area (Å²) in [6.07, 6.45) is 0. The van der Waals surface area contributed by atoms with Gasteiger partial charge in [0.05, 0.1) is 5.02 Å². The van der Waals surface area contributed by atoms with Gasteiger partial charge in [-0.25, -0.2) is 0 Å². The molecule has 2 aromatic rings. The van der Waals surface area contributed by atoms with Crippen LogP contribution in [0.3, 0.4) is 0 Å². The smallest absolute Gasteiger partial charge is 0.161 e. The standard InChI is InChI=1S/C15H13ClO2/c1-10-4-3-5-12(8-10)18-13-6-7-14(11(2)17)15(16)9-13/h3-9H,1-2H3. The fourth-order valence-electron chi connectivity index (χ4n) is 1.66. The van der Waals surface area contributed by atoms with Crippen LogP contribution < -0.4 is 4.74 Å². The van der Waals surface area contributed by atoms with Crippen LogP contribution in [0.15, 0.2) is 42.5 Å². The summed E-state index contributed by atoms with van der Waals surface area (Å²) in [5.74, 6) is 1.32.